The summed E-state index contributed by atoms with van der Waals surface area (Å²) in [6, 6.07) is 6.28. The van der Waals surface area contributed by atoms with Gasteiger partial charge in [-0.2, -0.15) is 0 Å². The van der Waals surface area contributed by atoms with Crippen LogP contribution in [0, 0.1) is 13.8 Å². The van der Waals surface area contributed by atoms with Gasteiger partial charge in [0.05, 0.1) is 5.60 Å². The molecule has 1 fully saturated rings. The second-order valence-electron chi connectivity index (χ2n) is 5.82. The lowest BCUT2D eigenvalue weighted by molar-refractivity contribution is -0.142. The molecule has 0 aliphatic heterocycles. The first-order valence-corrected chi connectivity index (χ1v) is 7.48. The molecule has 19 heavy (non-hydrogen) atoms. The number of rotatable bonds is 4. The molecule has 1 saturated carbocycles. The van der Waals surface area contributed by atoms with Gasteiger partial charge in [0.2, 0.25) is 0 Å². The lowest BCUT2D eigenvalue weighted by atomic mass is 9.77. The molecule has 106 valence electrons. The minimum atomic E-state index is -0.506. The van der Waals surface area contributed by atoms with Crippen LogP contribution in [0.15, 0.2) is 18.2 Å². The monoisotopic (exact) mass is 262 g/mol. The zero-order valence-electron chi connectivity index (χ0n) is 12.4. The number of aryl methyl sites for hydroxylation is 2. The number of benzene rings is 1. The van der Waals surface area contributed by atoms with Crippen LogP contribution in [-0.2, 0) is 4.74 Å². The van der Waals surface area contributed by atoms with Crippen LogP contribution in [-0.4, -0.2) is 17.3 Å². The first-order valence-electron chi connectivity index (χ1n) is 7.48. The van der Waals surface area contributed by atoms with Crippen molar-refractivity contribution in [2.45, 2.75) is 64.6 Å². The van der Waals surface area contributed by atoms with Crippen molar-refractivity contribution in [2.24, 2.45) is 0 Å². The summed E-state index contributed by atoms with van der Waals surface area (Å²) in [5, 5.41) is 10.9. The third-order valence-corrected chi connectivity index (χ3v) is 4.35. The van der Waals surface area contributed by atoms with Gasteiger partial charge in [-0.05, 0) is 44.7 Å². The van der Waals surface area contributed by atoms with Crippen LogP contribution in [0.1, 0.15) is 61.8 Å². The molecule has 1 aliphatic carbocycles. The summed E-state index contributed by atoms with van der Waals surface area (Å²) in [6.07, 6.45) is 5.00. The molecule has 1 aromatic rings. The van der Waals surface area contributed by atoms with E-state index in [-0.39, 0.29) is 5.60 Å². The third kappa shape index (κ3) is 3.01. The summed E-state index contributed by atoms with van der Waals surface area (Å²) in [5.41, 5.74) is 3.06. The number of hydrogen-bond donors (Lipinski definition) is 1. The summed E-state index contributed by atoms with van der Waals surface area (Å²) >= 11 is 0. The molecule has 1 atom stereocenters. The maximum atomic E-state index is 10.9. The molecular weight excluding hydrogens is 236 g/mol. The molecule has 1 aromatic carbocycles. The molecule has 0 radical (unpaired) electrons. The van der Waals surface area contributed by atoms with Crippen molar-refractivity contribution in [1.82, 2.24) is 0 Å². The van der Waals surface area contributed by atoms with Gasteiger partial charge in [-0.25, -0.2) is 0 Å². The molecule has 0 amide bonds. The Balaban J connectivity index is 2.30. The third-order valence-electron chi connectivity index (χ3n) is 4.35. The normalized spacial score (nSPS) is 20.2. The van der Waals surface area contributed by atoms with Crippen molar-refractivity contribution in [3.8, 4) is 0 Å². The topological polar surface area (TPSA) is 29.5 Å². The van der Waals surface area contributed by atoms with Crippen LogP contribution in [0.5, 0.6) is 0 Å². The van der Waals surface area contributed by atoms with Crippen molar-refractivity contribution in [3.05, 3.63) is 34.9 Å². The SMILES string of the molecule is CCOC1(C(O)c2ccc(C)cc2C)CCCCC1. The predicted octanol–water partition coefficient (Wildman–Crippen LogP) is 4.08. The summed E-state index contributed by atoms with van der Waals surface area (Å²) < 4.78 is 6.02. The van der Waals surface area contributed by atoms with Gasteiger partial charge < -0.3 is 9.84 Å². The number of hydrogen-bond acceptors (Lipinski definition) is 2. The first-order chi connectivity index (χ1) is 9.09. The molecule has 0 heterocycles. The van der Waals surface area contributed by atoms with E-state index in [2.05, 4.69) is 32.0 Å². The molecule has 2 rings (SSSR count). The standard InChI is InChI=1S/C17H26O2/c1-4-19-17(10-6-5-7-11-17)16(18)15-9-8-13(2)12-14(15)3/h8-9,12,16,18H,4-7,10-11H2,1-3H3. The Bertz CT molecular complexity index is 414. The highest BCUT2D eigenvalue weighted by Crippen LogP contribution is 2.42. The van der Waals surface area contributed by atoms with Gasteiger partial charge in [0, 0.05) is 6.61 Å². The fraction of sp³-hybridized carbons (Fsp3) is 0.647. The maximum Gasteiger partial charge on any atom is 0.108 e. The van der Waals surface area contributed by atoms with Crippen LogP contribution in [0.25, 0.3) is 0 Å². The van der Waals surface area contributed by atoms with E-state index >= 15 is 0 Å². The van der Waals surface area contributed by atoms with E-state index < -0.39 is 6.10 Å². The highest BCUT2D eigenvalue weighted by molar-refractivity contribution is 5.33. The quantitative estimate of drug-likeness (QED) is 0.886. The van der Waals surface area contributed by atoms with Crippen LogP contribution < -0.4 is 0 Å². The molecule has 0 spiro atoms. The Kier molecular flexibility index (Phi) is 4.64. The minimum Gasteiger partial charge on any atom is -0.385 e. The van der Waals surface area contributed by atoms with Gasteiger partial charge in [-0.1, -0.05) is 43.0 Å². The molecule has 1 aliphatic rings. The number of ether oxygens (including phenoxy) is 1. The number of aliphatic hydroxyl groups is 1. The predicted molar refractivity (Wildman–Crippen MR) is 78.3 cm³/mol. The second kappa shape index (κ2) is 6.06. The molecule has 0 aromatic heterocycles. The van der Waals surface area contributed by atoms with E-state index in [9.17, 15) is 5.11 Å². The van der Waals surface area contributed by atoms with Gasteiger partial charge in [-0.3, -0.25) is 0 Å². The van der Waals surface area contributed by atoms with E-state index in [0.717, 1.165) is 36.8 Å². The summed E-state index contributed by atoms with van der Waals surface area (Å²) in [6.45, 7) is 6.85. The van der Waals surface area contributed by atoms with Crippen LogP contribution in [0.2, 0.25) is 0 Å². The zero-order valence-corrected chi connectivity index (χ0v) is 12.4. The van der Waals surface area contributed by atoms with Gasteiger partial charge in [0.1, 0.15) is 6.10 Å². The number of aliphatic hydroxyl groups excluding tert-OH is 1. The Morgan fingerprint density at radius 2 is 1.89 bits per heavy atom. The molecule has 1 N–H and O–H groups in total. The summed E-state index contributed by atoms with van der Waals surface area (Å²) in [5.74, 6) is 0. The van der Waals surface area contributed by atoms with Crippen molar-refractivity contribution < 1.29 is 9.84 Å². The highest BCUT2D eigenvalue weighted by atomic mass is 16.5. The maximum absolute atomic E-state index is 10.9. The zero-order chi connectivity index (χ0) is 13.9. The van der Waals surface area contributed by atoms with Crippen molar-refractivity contribution >= 4 is 0 Å². The Labute approximate surface area is 116 Å². The van der Waals surface area contributed by atoms with Gasteiger partial charge in [0.15, 0.2) is 0 Å². The van der Waals surface area contributed by atoms with Crippen LogP contribution in [0.4, 0.5) is 0 Å². The first kappa shape index (κ1) is 14.5. The van der Waals surface area contributed by atoms with Gasteiger partial charge in [-0.15, -0.1) is 0 Å². The van der Waals surface area contributed by atoms with E-state index in [4.69, 9.17) is 4.74 Å². The smallest absolute Gasteiger partial charge is 0.108 e. The van der Waals surface area contributed by atoms with E-state index in [1.807, 2.05) is 6.92 Å². The van der Waals surface area contributed by atoms with Crippen molar-refractivity contribution in [2.75, 3.05) is 6.61 Å². The van der Waals surface area contributed by atoms with Crippen LogP contribution in [0.3, 0.4) is 0 Å². The average molecular weight is 262 g/mol. The van der Waals surface area contributed by atoms with Crippen molar-refractivity contribution in [3.63, 3.8) is 0 Å². The van der Waals surface area contributed by atoms with Gasteiger partial charge in [0.25, 0.3) is 0 Å². The Hall–Kier alpha value is -0.860. The molecule has 2 nitrogen and oxygen atoms in total. The van der Waals surface area contributed by atoms with Crippen molar-refractivity contribution in [1.29, 1.82) is 0 Å². The second-order valence-corrected chi connectivity index (χ2v) is 5.82. The minimum absolute atomic E-state index is 0.368. The van der Waals surface area contributed by atoms with Gasteiger partial charge >= 0.3 is 0 Å². The fourth-order valence-electron chi connectivity index (χ4n) is 3.35. The molecule has 0 bridgehead atoms. The molecule has 2 heteroatoms. The summed E-state index contributed by atoms with van der Waals surface area (Å²) in [7, 11) is 0. The highest BCUT2D eigenvalue weighted by Gasteiger charge is 2.41. The van der Waals surface area contributed by atoms with E-state index in [0.29, 0.717) is 6.61 Å². The lowest BCUT2D eigenvalue weighted by Crippen LogP contribution is -2.41. The molecule has 1 unspecified atom stereocenters. The Morgan fingerprint density at radius 3 is 2.47 bits per heavy atom. The molecule has 0 saturated heterocycles. The largest absolute Gasteiger partial charge is 0.385 e. The lowest BCUT2D eigenvalue weighted by Gasteiger charge is -2.41. The van der Waals surface area contributed by atoms with E-state index in [1.165, 1.54) is 12.0 Å². The van der Waals surface area contributed by atoms with E-state index in [1.54, 1.807) is 0 Å². The average Bonchev–Trinajstić information content (AvgIpc) is 2.39. The fourth-order valence-corrected chi connectivity index (χ4v) is 3.35. The molecular formula is C17H26O2. The summed E-state index contributed by atoms with van der Waals surface area (Å²) in [4.78, 5) is 0. The Morgan fingerprint density at radius 1 is 1.21 bits per heavy atom. The van der Waals surface area contributed by atoms with Crippen LogP contribution >= 0.6 is 0 Å².